The van der Waals surface area contributed by atoms with Crippen LogP contribution in [0.5, 0.6) is 0 Å². The first-order valence-corrected chi connectivity index (χ1v) is 7.52. The van der Waals surface area contributed by atoms with Crippen LogP contribution in [0.15, 0.2) is 17.6 Å². The quantitative estimate of drug-likeness (QED) is 0.688. The Kier molecular flexibility index (Phi) is 3.70. The van der Waals surface area contributed by atoms with E-state index in [0.29, 0.717) is 10.2 Å². The number of nitrogens with one attached hydrogen (secondary N) is 1. The summed E-state index contributed by atoms with van der Waals surface area (Å²) in [6, 6.07) is 1.76. The Morgan fingerprint density at radius 1 is 1.48 bits per heavy atom. The summed E-state index contributed by atoms with van der Waals surface area (Å²) in [7, 11) is 0. The molecule has 7 nitrogen and oxygen atoms in total. The van der Waals surface area contributed by atoms with Gasteiger partial charge in [0.05, 0.1) is 21.1 Å². The van der Waals surface area contributed by atoms with Crippen molar-refractivity contribution in [2.75, 3.05) is 5.48 Å². The highest BCUT2D eigenvalue weighted by Gasteiger charge is 2.26. The minimum absolute atomic E-state index is 0.114. The fourth-order valence-electron chi connectivity index (χ4n) is 2.49. The number of hydrogen-bond donors (Lipinski definition) is 1. The van der Waals surface area contributed by atoms with Gasteiger partial charge in [0, 0.05) is 0 Å². The molecule has 2 aromatic rings. The number of nitro groups is 1. The van der Waals surface area contributed by atoms with Crippen LogP contribution in [0.1, 0.15) is 25.7 Å². The summed E-state index contributed by atoms with van der Waals surface area (Å²) in [5.74, 6) is -0.472. The van der Waals surface area contributed by atoms with Crippen molar-refractivity contribution in [2.24, 2.45) is 5.92 Å². The molecule has 0 amide bonds. The van der Waals surface area contributed by atoms with Gasteiger partial charge in [-0.05, 0) is 24.3 Å². The van der Waals surface area contributed by atoms with Crippen molar-refractivity contribution in [3.63, 3.8) is 0 Å². The van der Waals surface area contributed by atoms with Crippen LogP contribution in [0.3, 0.4) is 0 Å². The molecule has 1 aliphatic carbocycles. The molecule has 0 bridgehead atoms. The van der Waals surface area contributed by atoms with Crippen LogP contribution in [0.25, 0.3) is 10.2 Å². The average molecular weight is 307 g/mol. The van der Waals surface area contributed by atoms with Gasteiger partial charge in [0.25, 0.3) is 0 Å². The van der Waals surface area contributed by atoms with Gasteiger partial charge in [-0.15, -0.1) is 11.3 Å². The molecule has 0 spiro atoms. The molecule has 0 atom stereocenters. The number of nitrogens with zero attached hydrogens (tertiary/aromatic N) is 2. The van der Waals surface area contributed by atoms with Gasteiger partial charge in [-0.1, -0.05) is 12.8 Å². The minimum Gasteiger partial charge on any atom is -0.343 e. The van der Waals surface area contributed by atoms with Crippen LogP contribution < -0.4 is 5.48 Å². The monoisotopic (exact) mass is 307 g/mol. The summed E-state index contributed by atoms with van der Waals surface area (Å²) in [5, 5.41) is 12.9. The van der Waals surface area contributed by atoms with Crippen LogP contribution in [0, 0.1) is 16.0 Å². The predicted molar refractivity (Wildman–Crippen MR) is 77.9 cm³/mol. The maximum Gasteiger partial charge on any atom is 0.335 e. The molecule has 2 heterocycles. The minimum atomic E-state index is -0.544. The van der Waals surface area contributed by atoms with E-state index in [9.17, 15) is 14.9 Å². The molecular weight excluding hydrogens is 294 g/mol. The predicted octanol–water partition coefficient (Wildman–Crippen LogP) is 3.26. The van der Waals surface area contributed by atoms with Crippen molar-refractivity contribution in [2.45, 2.75) is 25.7 Å². The normalized spacial score (nSPS) is 15.2. The Morgan fingerprint density at radius 2 is 2.24 bits per heavy atom. The Labute approximate surface area is 124 Å². The van der Waals surface area contributed by atoms with Crippen molar-refractivity contribution < 1.29 is 14.6 Å². The third-order valence-corrected chi connectivity index (χ3v) is 4.51. The highest BCUT2D eigenvalue weighted by Crippen LogP contribution is 2.35. The number of pyridine rings is 1. The van der Waals surface area contributed by atoms with E-state index in [2.05, 4.69) is 10.5 Å². The van der Waals surface area contributed by atoms with Crippen molar-refractivity contribution in [3.05, 3.63) is 27.8 Å². The Balaban J connectivity index is 1.84. The Hall–Kier alpha value is -2.22. The number of fused-ring (bicyclic) bond motifs is 1. The zero-order valence-corrected chi connectivity index (χ0v) is 11.9. The topological polar surface area (TPSA) is 94.4 Å². The molecular formula is C13H13N3O4S. The third kappa shape index (κ3) is 2.66. The fourth-order valence-corrected chi connectivity index (χ4v) is 3.32. The molecule has 2 aromatic heterocycles. The maximum absolute atomic E-state index is 11.9. The van der Waals surface area contributed by atoms with Gasteiger partial charge < -0.3 is 4.84 Å². The summed E-state index contributed by atoms with van der Waals surface area (Å²) in [6.07, 6.45) is 4.83. The molecule has 1 saturated carbocycles. The molecule has 0 unspecified atom stereocenters. The lowest BCUT2D eigenvalue weighted by atomic mass is 10.1. The molecule has 8 heteroatoms. The first-order chi connectivity index (χ1) is 10.2. The number of rotatable bonds is 4. The maximum atomic E-state index is 11.9. The first kappa shape index (κ1) is 13.7. The SMILES string of the molecule is O=C(ONc1c([N+](=O)[O-])cnc2ccsc12)C1CCCC1. The second-order valence-electron chi connectivity index (χ2n) is 4.92. The van der Waals surface area contributed by atoms with Gasteiger partial charge in [-0.3, -0.25) is 10.1 Å². The van der Waals surface area contributed by atoms with E-state index >= 15 is 0 Å². The fraction of sp³-hybridized carbons (Fsp3) is 0.385. The summed E-state index contributed by atoms with van der Waals surface area (Å²) in [6.45, 7) is 0. The average Bonchev–Trinajstić information content (AvgIpc) is 3.14. The highest BCUT2D eigenvalue weighted by molar-refractivity contribution is 7.17. The first-order valence-electron chi connectivity index (χ1n) is 6.64. The molecule has 0 saturated heterocycles. The number of anilines is 1. The number of aromatic nitrogens is 1. The van der Waals surface area contributed by atoms with E-state index in [1.165, 1.54) is 17.5 Å². The van der Waals surface area contributed by atoms with Crippen molar-refractivity contribution in [1.82, 2.24) is 4.98 Å². The number of hydrogen-bond acceptors (Lipinski definition) is 7. The molecule has 1 N–H and O–H groups in total. The van der Waals surface area contributed by atoms with Gasteiger partial charge in [-0.25, -0.2) is 15.3 Å². The molecule has 21 heavy (non-hydrogen) atoms. The molecule has 3 rings (SSSR count). The lowest BCUT2D eigenvalue weighted by Crippen LogP contribution is -2.18. The summed E-state index contributed by atoms with van der Waals surface area (Å²) >= 11 is 1.31. The lowest BCUT2D eigenvalue weighted by Gasteiger charge is -2.11. The second-order valence-corrected chi connectivity index (χ2v) is 5.83. The van der Waals surface area contributed by atoms with E-state index < -0.39 is 4.92 Å². The van der Waals surface area contributed by atoms with E-state index in [0.717, 1.165) is 25.7 Å². The van der Waals surface area contributed by atoms with Crippen LogP contribution >= 0.6 is 11.3 Å². The Morgan fingerprint density at radius 3 is 2.95 bits per heavy atom. The number of carbonyl (C=O) groups excluding carboxylic acids is 1. The van der Waals surface area contributed by atoms with E-state index in [1.807, 2.05) is 0 Å². The highest BCUT2D eigenvalue weighted by atomic mass is 32.1. The smallest absolute Gasteiger partial charge is 0.335 e. The van der Waals surface area contributed by atoms with Gasteiger partial charge in [0.15, 0.2) is 5.69 Å². The molecule has 0 aromatic carbocycles. The van der Waals surface area contributed by atoms with Gasteiger partial charge in [-0.2, -0.15) is 0 Å². The molecule has 1 fully saturated rings. The summed E-state index contributed by atoms with van der Waals surface area (Å²) in [4.78, 5) is 31.5. The zero-order valence-electron chi connectivity index (χ0n) is 11.1. The molecule has 0 radical (unpaired) electrons. The van der Waals surface area contributed by atoms with Crippen LogP contribution in [-0.4, -0.2) is 15.9 Å². The number of carbonyl (C=O) groups is 1. The molecule has 1 aliphatic rings. The molecule has 0 aliphatic heterocycles. The third-order valence-electron chi connectivity index (χ3n) is 3.59. The van der Waals surface area contributed by atoms with Crippen molar-refractivity contribution >= 4 is 38.9 Å². The van der Waals surface area contributed by atoms with Gasteiger partial charge >= 0.3 is 11.7 Å². The molecule has 110 valence electrons. The zero-order chi connectivity index (χ0) is 14.8. The van der Waals surface area contributed by atoms with Gasteiger partial charge in [0.1, 0.15) is 6.20 Å². The number of thiophene rings is 1. The standard InChI is InChI=1S/C13H13N3O4S/c17-13(8-3-1-2-4-8)20-15-11-10(16(18)19)7-14-9-5-6-21-12(9)11/h5-8H,1-4H2,(H,14,15). The van der Waals surface area contributed by atoms with Gasteiger partial charge in [0.2, 0.25) is 0 Å². The van der Waals surface area contributed by atoms with Crippen molar-refractivity contribution in [1.29, 1.82) is 0 Å². The van der Waals surface area contributed by atoms with E-state index in [-0.39, 0.29) is 23.3 Å². The van der Waals surface area contributed by atoms with Crippen LogP contribution in [-0.2, 0) is 9.63 Å². The largest absolute Gasteiger partial charge is 0.343 e. The summed E-state index contributed by atoms with van der Waals surface area (Å²) < 4.78 is 0.600. The lowest BCUT2D eigenvalue weighted by molar-refractivity contribution is -0.384. The second kappa shape index (κ2) is 5.65. The van der Waals surface area contributed by atoms with Crippen molar-refractivity contribution in [3.8, 4) is 0 Å². The van der Waals surface area contributed by atoms with Crippen LogP contribution in [0.2, 0.25) is 0 Å². The van der Waals surface area contributed by atoms with Crippen LogP contribution in [0.4, 0.5) is 11.4 Å². The van der Waals surface area contributed by atoms with E-state index in [4.69, 9.17) is 4.84 Å². The Bertz CT molecular complexity index is 694. The summed E-state index contributed by atoms with van der Waals surface area (Å²) in [5.41, 5.74) is 3.09. The van der Waals surface area contributed by atoms with E-state index in [1.54, 1.807) is 11.4 Å².